The number of hydrogen-bond donors (Lipinski definition) is 4. The fourth-order valence-corrected chi connectivity index (χ4v) is 5.20. The summed E-state index contributed by atoms with van der Waals surface area (Å²) in [5.74, 6) is -1.72. The minimum atomic E-state index is -0.912. The van der Waals surface area contributed by atoms with E-state index in [1.165, 1.54) is 93.8 Å². The summed E-state index contributed by atoms with van der Waals surface area (Å²) in [5.41, 5.74) is 0.549. The average Bonchev–Trinajstić information content (AvgIpc) is 2.80. The first-order chi connectivity index (χ1) is 16.4. The van der Waals surface area contributed by atoms with Gasteiger partial charge in [0.2, 0.25) is 0 Å². The molecule has 0 aliphatic rings. The molecule has 0 aromatic heterocycles. The maximum atomic E-state index is 12.1. The van der Waals surface area contributed by atoms with Crippen LogP contribution in [0.1, 0.15) is 102 Å². The van der Waals surface area contributed by atoms with E-state index in [1.807, 2.05) is 0 Å². The van der Waals surface area contributed by atoms with E-state index < -0.39 is 11.9 Å². The summed E-state index contributed by atoms with van der Waals surface area (Å²) in [6.07, 6.45) is 15.2. The zero-order chi connectivity index (χ0) is 24.8. The van der Waals surface area contributed by atoms with Crippen LogP contribution in [0.3, 0.4) is 0 Å². The number of rotatable bonds is 17. The molecule has 0 radical (unpaired) electrons. The number of carboxylic acid groups (broad SMARTS) is 1. The number of phenols is 3. The lowest BCUT2D eigenvalue weighted by Crippen LogP contribution is -2.12. The Kier molecular flexibility index (Phi) is 12.8. The van der Waals surface area contributed by atoms with Crippen LogP contribution in [0.5, 0.6) is 17.2 Å². The van der Waals surface area contributed by atoms with Crippen molar-refractivity contribution in [3.05, 3.63) is 42.0 Å². The van der Waals surface area contributed by atoms with E-state index in [0.29, 0.717) is 21.8 Å². The van der Waals surface area contributed by atoms with Crippen LogP contribution in [-0.2, 0) is 4.79 Å². The first-order valence-corrected chi connectivity index (χ1v) is 13.5. The molecule has 188 valence electrons. The molecule has 4 N–H and O–H groups in total. The van der Waals surface area contributed by atoms with Crippen LogP contribution < -0.4 is 0 Å². The van der Waals surface area contributed by atoms with E-state index in [-0.39, 0.29) is 17.2 Å². The van der Waals surface area contributed by atoms with Crippen molar-refractivity contribution in [2.75, 3.05) is 0 Å². The Hall–Kier alpha value is -2.34. The van der Waals surface area contributed by atoms with Crippen molar-refractivity contribution in [2.24, 2.45) is 0 Å². The van der Waals surface area contributed by atoms with Gasteiger partial charge in [0, 0.05) is 11.0 Å². The van der Waals surface area contributed by atoms with Gasteiger partial charge in [-0.15, -0.1) is 0 Å². The Morgan fingerprint density at radius 3 is 1.76 bits per heavy atom. The Bertz CT molecular complexity index is 883. The molecule has 0 amide bonds. The largest absolute Gasteiger partial charge is 0.508 e. The van der Waals surface area contributed by atoms with Crippen LogP contribution in [0.15, 0.2) is 46.2 Å². The van der Waals surface area contributed by atoms with Crippen molar-refractivity contribution in [1.82, 2.24) is 0 Å². The van der Waals surface area contributed by atoms with Crippen LogP contribution >= 0.6 is 11.8 Å². The van der Waals surface area contributed by atoms with Crippen molar-refractivity contribution >= 4 is 17.7 Å². The van der Waals surface area contributed by atoms with Gasteiger partial charge >= 0.3 is 5.97 Å². The van der Waals surface area contributed by atoms with Gasteiger partial charge in [-0.1, -0.05) is 95.7 Å². The number of benzene rings is 2. The molecule has 2 aromatic carbocycles. The molecule has 6 heteroatoms. The van der Waals surface area contributed by atoms with Gasteiger partial charge in [-0.05, 0) is 42.3 Å². The molecular formula is C28H40O5S. The number of aliphatic carboxylic acids is 1. The van der Waals surface area contributed by atoms with Crippen LogP contribution in [0.4, 0.5) is 0 Å². The molecule has 34 heavy (non-hydrogen) atoms. The monoisotopic (exact) mass is 488 g/mol. The molecular weight excluding hydrogens is 448 g/mol. The molecule has 0 saturated carbocycles. The second-order valence-electron chi connectivity index (χ2n) is 9.04. The van der Waals surface area contributed by atoms with E-state index in [9.17, 15) is 25.2 Å². The smallest absolute Gasteiger partial charge is 0.311 e. The Balaban J connectivity index is 1.84. The maximum absolute atomic E-state index is 12.1. The summed E-state index contributed by atoms with van der Waals surface area (Å²) in [6, 6.07) is 9.03. The fraction of sp³-hybridized carbons (Fsp3) is 0.536. The highest BCUT2D eigenvalue weighted by atomic mass is 32.2. The lowest BCUT2D eigenvalue weighted by Gasteiger charge is -2.17. The summed E-state index contributed by atoms with van der Waals surface area (Å²) in [6.45, 7) is 2.24. The van der Waals surface area contributed by atoms with E-state index in [1.54, 1.807) is 12.1 Å². The second kappa shape index (κ2) is 15.5. The van der Waals surface area contributed by atoms with Crippen molar-refractivity contribution < 1.29 is 25.2 Å². The third-order valence-electron chi connectivity index (χ3n) is 6.18. The van der Waals surface area contributed by atoms with Gasteiger partial charge < -0.3 is 20.4 Å². The molecule has 2 aromatic rings. The average molecular weight is 489 g/mol. The van der Waals surface area contributed by atoms with Gasteiger partial charge in [-0.25, -0.2) is 0 Å². The van der Waals surface area contributed by atoms with E-state index in [4.69, 9.17) is 0 Å². The lowest BCUT2D eigenvalue weighted by atomic mass is 9.92. The number of carboxylic acids is 1. The normalized spacial score (nSPS) is 12.0. The predicted octanol–water partition coefficient (Wildman–Crippen LogP) is 8.21. The first kappa shape index (κ1) is 27.9. The molecule has 2 rings (SSSR count). The van der Waals surface area contributed by atoms with E-state index >= 15 is 0 Å². The van der Waals surface area contributed by atoms with Crippen molar-refractivity contribution in [3.8, 4) is 17.2 Å². The SMILES string of the molecule is CCCCCCCCCCCCCCC(C(=O)O)c1cc(O)ccc1Sc1ccc(O)cc1O. The third kappa shape index (κ3) is 9.88. The highest BCUT2D eigenvalue weighted by molar-refractivity contribution is 7.99. The number of carbonyl (C=O) groups is 1. The molecule has 0 spiro atoms. The molecule has 0 heterocycles. The molecule has 1 unspecified atom stereocenters. The topological polar surface area (TPSA) is 98.0 Å². The van der Waals surface area contributed by atoms with Crippen LogP contribution in [-0.4, -0.2) is 26.4 Å². The number of aromatic hydroxyl groups is 3. The molecule has 0 bridgehead atoms. The Morgan fingerprint density at radius 2 is 1.24 bits per heavy atom. The first-order valence-electron chi connectivity index (χ1n) is 12.7. The van der Waals surface area contributed by atoms with Crippen LogP contribution in [0.2, 0.25) is 0 Å². The minimum Gasteiger partial charge on any atom is -0.508 e. The van der Waals surface area contributed by atoms with Crippen molar-refractivity contribution in [2.45, 2.75) is 106 Å². The molecule has 0 aliphatic carbocycles. The Labute approximate surface area is 208 Å². The molecule has 0 fully saturated rings. The maximum Gasteiger partial charge on any atom is 0.311 e. The number of hydrogen-bond acceptors (Lipinski definition) is 5. The minimum absolute atomic E-state index is 0.0234. The van der Waals surface area contributed by atoms with Gasteiger partial charge in [0.05, 0.1) is 10.8 Å². The molecule has 5 nitrogen and oxygen atoms in total. The summed E-state index contributed by atoms with van der Waals surface area (Å²) < 4.78 is 0. The van der Waals surface area contributed by atoms with Crippen LogP contribution in [0.25, 0.3) is 0 Å². The van der Waals surface area contributed by atoms with Crippen molar-refractivity contribution in [3.63, 3.8) is 0 Å². The molecule has 0 saturated heterocycles. The lowest BCUT2D eigenvalue weighted by molar-refractivity contribution is -0.139. The zero-order valence-electron chi connectivity index (χ0n) is 20.3. The fourth-order valence-electron chi connectivity index (χ4n) is 4.21. The molecule has 1 atom stereocenters. The van der Waals surface area contributed by atoms with Crippen molar-refractivity contribution in [1.29, 1.82) is 0 Å². The summed E-state index contributed by atoms with van der Waals surface area (Å²) in [7, 11) is 0. The van der Waals surface area contributed by atoms with Gasteiger partial charge in [-0.2, -0.15) is 0 Å². The molecule has 0 aliphatic heterocycles. The predicted molar refractivity (Wildman–Crippen MR) is 138 cm³/mol. The highest BCUT2D eigenvalue weighted by Gasteiger charge is 2.24. The third-order valence-corrected chi connectivity index (χ3v) is 7.33. The standard InChI is InChI=1S/C28H40O5S/c1-2-3-4-5-6-7-8-9-10-11-12-13-14-23(28(32)33)24-19-21(29)15-17-26(24)34-27-18-16-22(30)20-25(27)31/h15-20,23,29-31H,2-14H2,1H3,(H,32,33). The number of unbranched alkanes of at least 4 members (excludes halogenated alkanes) is 11. The van der Waals surface area contributed by atoms with Gasteiger partial charge in [-0.3, -0.25) is 4.79 Å². The highest BCUT2D eigenvalue weighted by Crippen LogP contribution is 2.41. The van der Waals surface area contributed by atoms with Gasteiger partial charge in [0.15, 0.2) is 0 Å². The summed E-state index contributed by atoms with van der Waals surface area (Å²) in [5, 5.41) is 39.6. The van der Waals surface area contributed by atoms with E-state index in [0.717, 1.165) is 19.3 Å². The van der Waals surface area contributed by atoms with Crippen LogP contribution in [0, 0.1) is 0 Å². The summed E-state index contributed by atoms with van der Waals surface area (Å²) in [4.78, 5) is 13.3. The van der Waals surface area contributed by atoms with E-state index in [2.05, 4.69) is 6.92 Å². The number of phenolic OH excluding ortho intramolecular Hbond substituents is 3. The Morgan fingerprint density at radius 1 is 0.735 bits per heavy atom. The second-order valence-corrected chi connectivity index (χ2v) is 10.1. The zero-order valence-corrected chi connectivity index (χ0v) is 21.2. The quantitative estimate of drug-likeness (QED) is 0.167. The summed E-state index contributed by atoms with van der Waals surface area (Å²) >= 11 is 1.23. The van der Waals surface area contributed by atoms with Gasteiger partial charge in [0.25, 0.3) is 0 Å². The van der Waals surface area contributed by atoms with Gasteiger partial charge in [0.1, 0.15) is 17.2 Å².